The molecule has 0 aromatic heterocycles. The molecule has 0 saturated carbocycles. The summed E-state index contributed by atoms with van der Waals surface area (Å²) in [5, 5.41) is 1.66. The van der Waals surface area contributed by atoms with Crippen LogP contribution in [0.3, 0.4) is 0 Å². The second kappa shape index (κ2) is 12.7. The molecule has 11 heteroatoms. The Hall–Kier alpha value is -2.10. The van der Waals surface area contributed by atoms with Gasteiger partial charge in [0, 0.05) is 36.6 Å². The normalized spacial score (nSPS) is 12.6. The van der Waals surface area contributed by atoms with Gasteiger partial charge in [-0.1, -0.05) is 57.4 Å². The van der Waals surface area contributed by atoms with Gasteiger partial charge in [-0.2, -0.15) is 13.2 Å². The highest BCUT2D eigenvalue weighted by Crippen LogP contribution is 2.39. The molecule has 0 spiro atoms. The minimum absolute atomic E-state index is 0.166. The summed E-state index contributed by atoms with van der Waals surface area (Å²) in [6.45, 7) is 2.71. The third-order valence-corrected chi connectivity index (χ3v) is 6.27. The molecule has 4 nitrogen and oxygen atoms in total. The van der Waals surface area contributed by atoms with Crippen LogP contribution in [0.5, 0.6) is 0 Å². The molecule has 1 N–H and O–H groups in total. The van der Waals surface area contributed by atoms with Gasteiger partial charge in [0.25, 0.3) is 0 Å². The van der Waals surface area contributed by atoms with Crippen LogP contribution < -0.4 is 5.32 Å². The Morgan fingerprint density at radius 2 is 1.80 bits per heavy atom. The number of halogens is 7. The van der Waals surface area contributed by atoms with E-state index >= 15 is 0 Å². The molecule has 0 heterocycles. The molecule has 2 aromatic rings. The van der Waals surface area contributed by atoms with Crippen molar-refractivity contribution in [3.63, 3.8) is 0 Å². The number of ketones is 1. The lowest BCUT2D eigenvalue weighted by Crippen LogP contribution is -2.37. The van der Waals surface area contributed by atoms with Crippen molar-refractivity contribution in [2.75, 3.05) is 20.1 Å². The number of hydrogen-bond acceptors (Lipinski definition) is 2. The summed E-state index contributed by atoms with van der Waals surface area (Å²) in [6.07, 6.45) is -1.85. The molecule has 2 rings (SSSR count). The van der Waals surface area contributed by atoms with E-state index in [1.807, 2.05) is 6.92 Å². The molecular weight excluding hydrogens is 575 g/mol. The number of nitrogens with one attached hydrogen (secondary N) is 1. The van der Waals surface area contributed by atoms with E-state index in [9.17, 15) is 27.2 Å². The van der Waals surface area contributed by atoms with Crippen molar-refractivity contribution in [1.29, 1.82) is 0 Å². The highest BCUT2D eigenvalue weighted by Gasteiger charge is 2.39. The van der Waals surface area contributed by atoms with Crippen LogP contribution in [-0.2, 0) is 0 Å². The average Bonchev–Trinajstić information content (AvgIpc) is 2.76. The van der Waals surface area contributed by atoms with E-state index in [2.05, 4.69) is 21.2 Å². The van der Waals surface area contributed by atoms with Gasteiger partial charge in [0.05, 0.1) is 16.0 Å². The maximum atomic E-state index is 13.7. The van der Waals surface area contributed by atoms with E-state index in [0.29, 0.717) is 35.1 Å². The second-order valence-corrected chi connectivity index (χ2v) is 9.37. The number of amides is 2. The lowest BCUT2D eigenvalue weighted by atomic mass is 9.96. The van der Waals surface area contributed by atoms with Crippen LogP contribution in [0.2, 0.25) is 10.0 Å². The number of allylic oxidation sites excluding steroid dienone is 1. The van der Waals surface area contributed by atoms with Crippen LogP contribution >= 0.6 is 39.1 Å². The topological polar surface area (TPSA) is 49.4 Å². The van der Waals surface area contributed by atoms with E-state index in [1.165, 1.54) is 29.2 Å². The van der Waals surface area contributed by atoms with Crippen molar-refractivity contribution < 1.29 is 27.2 Å². The van der Waals surface area contributed by atoms with E-state index in [-0.39, 0.29) is 23.8 Å². The van der Waals surface area contributed by atoms with Crippen LogP contribution in [0.15, 0.2) is 40.9 Å². The van der Waals surface area contributed by atoms with E-state index in [4.69, 9.17) is 23.2 Å². The zero-order chi connectivity index (χ0) is 26.3. The molecule has 2 aromatic carbocycles. The van der Waals surface area contributed by atoms with Crippen molar-refractivity contribution in [1.82, 2.24) is 10.2 Å². The molecule has 0 bridgehead atoms. The first-order chi connectivity index (χ1) is 16.3. The molecule has 1 atom stereocenters. The van der Waals surface area contributed by atoms with E-state index in [0.717, 1.165) is 18.2 Å². The first-order valence-corrected chi connectivity index (χ1v) is 12.1. The summed E-state index contributed by atoms with van der Waals surface area (Å²) < 4.78 is 55.1. The Morgan fingerprint density at radius 3 is 2.34 bits per heavy atom. The molecule has 0 fully saturated rings. The van der Waals surface area contributed by atoms with Crippen LogP contribution in [0.1, 0.15) is 47.2 Å². The molecule has 190 valence electrons. The maximum Gasteiger partial charge on any atom is 0.399 e. The number of hydrogen-bond donors (Lipinski definition) is 1. The predicted molar refractivity (Wildman–Crippen MR) is 134 cm³/mol. The van der Waals surface area contributed by atoms with Crippen molar-refractivity contribution in [2.24, 2.45) is 0 Å². The SMILES string of the molecule is CCNC(=O)N(C)CCCC(=O)c1ccc(/C=C/C(c2cc(Cl)c(F)c(Cl)c2)C(F)(F)F)cc1Br. The summed E-state index contributed by atoms with van der Waals surface area (Å²) in [5.41, 5.74) is 0.499. The highest BCUT2D eigenvalue weighted by molar-refractivity contribution is 9.10. The molecule has 2 amide bonds. The number of benzene rings is 2. The quantitative estimate of drug-likeness (QED) is 0.182. The Bertz CT molecular complexity index is 1090. The van der Waals surface area contributed by atoms with E-state index in [1.54, 1.807) is 7.05 Å². The Morgan fingerprint density at radius 1 is 1.17 bits per heavy atom. The van der Waals surface area contributed by atoms with Gasteiger partial charge in [0.15, 0.2) is 11.6 Å². The number of alkyl halides is 3. The van der Waals surface area contributed by atoms with Gasteiger partial charge >= 0.3 is 12.2 Å². The molecule has 0 aliphatic heterocycles. The Labute approximate surface area is 219 Å². The second-order valence-electron chi connectivity index (χ2n) is 7.70. The lowest BCUT2D eigenvalue weighted by molar-refractivity contribution is -0.139. The lowest BCUT2D eigenvalue weighted by Gasteiger charge is -2.18. The number of Topliss-reactive ketones (excluding diaryl/α,β-unsaturated/α-hetero) is 1. The van der Waals surface area contributed by atoms with Gasteiger partial charge in [-0.15, -0.1) is 0 Å². The number of urea groups is 1. The monoisotopic (exact) mass is 596 g/mol. The highest BCUT2D eigenvalue weighted by atomic mass is 79.9. The fourth-order valence-electron chi connectivity index (χ4n) is 3.23. The molecular formula is C24H23BrCl2F4N2O2. The fourth-order valence-corrected chi connectivity index (χ4v) is 4.35. The van der Waals surface area contributed by atoms with Crippen molar-refractivity contribution in [3.05, 3.63) is 73.4 Å². The first kappa shape index (κ1) is 29.1. The number of carbonyl (C=O) groups excluding carboxylic acids is 2. The third-order valence-electron chi connectivity index (χ3n) is 5.06. The summed E-state index contributed by atoms with van der Waals surface area (Å²) >= 11 is 14.6. The summed E-state index contributed by atoms with van der Waals surface area (Å²) in [4.78, 5) is 25.7. The van der Waals surface area contributed by atoms with Crippen LogP contribution in [0.4, 0.5) is 22.4 Å². The van der Waals surface area contributed by atoms with Crippen molar-refractivity contribution in [3.8, 4) is 0 Å². The van der Waals surface area contributed by atoms with Gasteiger partial charge in [0.1, 0.15) is 0 Å². The van der Waals surface area contributed by atoms with Crippen LogP contribution in [0, 0.1) is 5.82 Å². The largest absolute Gasteiger partial charge is 0.399 e. The number of rotatable bonds is 9. The fraction of sp³-hybridized carbons (Fsp3) is 0.333. The summed E-state index contributed by atoms with van der Waals surface area (Å²) in [5.74, 6) is -3.22. The minimum Gasteiger partial charge on any atom is -0.338 e. The van der Waals surface area contributed by atoms with Crippen LogP contribution in [0.25, 0.3) is 6.08 Å². The minimum atomic E-state index is -4.67. The maximum absolute atomic E-state index is 13.7. The van der Waals surface area contributed by atoms with Gasteiger partial charge in [-0.25, -0.2) is 9.18 Å². The number of nitrogens with zero attached hydrogens (tertiary/aromatic N) is 1. The zero-order valence-corrected chi connectivity index (χ0v) is 22.0. The molecule has 1 unspecified atom stereocenters. The first-order valence-electron chi connectivity index (χ1n) is 10.6. The van der Waals surface area contributed by atoms with E-state index < -0.39 is 28.0 Å². The molecule has 0 saturated heterocycles. The smallest absolute Gasteiger partial charge is 0.338 e. The number of carbonyl (C=O) groups is 2. The Kier molecular flexibility index (Phi) is 10.6. The average molecular weight is 598 g/mol. The Balaban J connectivity index is 2.14. The van der Waals surface area contributed by atoms with Crippen LogP contribution in [-0.4, -0.2) is 43.0 Å². The van der Waals surface area contributed by atoms with Gasteiger partial charge < -0.3 is 10.2 Å². The van der Waals surface area contributed by atoms with Crippen molar-refractivity contribution >= 4 is 57.0 Å². The molecule has 0 aliphatic carbocycles. The van der Waals surface area contributed by atoms with Gasteiger partial charge in [0.2, 0.25) is 0 Å². The standard InChI is InChI=1S/C24H23BrCl2F4N2O2/c1-3-32-23(35)33(2)10-4-5-21(34)16-8-6-14(11-18(16)25)7-9-17(24(29,30)31)15-12-19(26)22(28)20(27)13-15/h6-9,11-13,17H,3-5,10H2,1-2H3,(H,32,35)/b9-7+. The molecule has 0 aliphatic rings. The predicted octanol–water partition coefficient (Wildman–Crippen LogP) is 7.88. The van der Waals surface area contributed by atoms with Crippen molar-refractivity contribution in [2.45, 2.75) is 31.9 Å². The summed E-state index contributed by atoms with van der Waals surface area (Å²) in [6, 6.07) is 6.14. The zero-order valence-electron chi connectivity index (χ0n) is 18.9. The van der Waals surface area contributed by atoms with Gasteiger partial charge in [-0.3, -0.25) is 4.79 Å². The molecule has 35 heavy (non-hydrogen) atoms. The third kappa shape index (κ3) is 8.22. The van der Waals surface area contributed by atoms with Gasteiger partial charge in [-0.05, 0) is 48.7 Å². The summed E-state index contributed by atoms with van der Waals surface area (Å²) in [7, 11) is 1.63. The molecule has 0 radical (unpaired) electrons.